The van der Waals surface area contributed by atoms with Crippen molar-refractivity contribution in [3.63, 3.8) is 0 Å². The summed E-state index contributed by atoms with van der Waals surface area (Å²) in [4.78, 5) is 13.9. The zero-order valence-electron chi connectivity index (χ0n) is 25.9. The minimum Gasteiger partial charge on any atom is -0.393 e. The van der Waals surface area contributed by atoms with E-state index < -0.39 is 23.8 Å². The van der Waals surface area contributed by atoms with Crippen LogP contribution in [0.5, 0.6) is 0 Å². The van der Waals surface area contributed by atoms with Gasteiger partial charge in [-0.05, 0) is 79.0 Å². The van der Waals surface area contributed by atoms with Gasteiger partial charge in [-0.25, -0.2) is 4.39 Å². The van der Waals surface area contributed by atoms with E-state index in [4.69, 9.17) is 0 Å². The number of carbonyl (C=O) groups excluding carboxylic acids is 1. The zero-order chi connectivity index (χ0) is 32.7. The van der Waals surface area contributed by atoms with Crippen LogP contribution in [0.4, 0.5) is 17.6 Å². The lowest BCUT2D eigenvalue weighted by molar-refractivity contribution is -0.137. The normalized spacial score (nSPS) is 13.0. The van der Waals surface area contributed by atoms with Gasteiger partial charge in [-0.1, -0.05) is 80.6 Å². The van der Waals surface area contributed by atoms with Gasteiger partial charge in [-0.2, -0.15) is 13.2 Å². The van der Waals surface area contributed by atoms with Gasteiger partial charge in [0.25, 0.3) is 5.91 Å². The van der Waals surface area contributed by atoms with Crippen LogP contribution in [0.2, 0.25) is 0 Å². The molecule has 0 saturated heterocycles. The molecule has 4 nitrogen and oxygen atoms in total. The number of rotatable bonds is 13. The Bertz CT molecular complexity index is 1610. The van der Waals surface area contributed by atoms with Gasteiger partial charge in [0.1, 0.15) is 11.5 Å². The number of halogens is 4. The molecule has 2 atom stereocenters. The number of nitrogens with one attached hydrogen (secondary N) is 1. The first-order valence-corrected chi connectivity index (χ1v) is 15.2. The predicted octanol–water partition coefficient (Wildman–Crippen LogP) is 9.12. The molecule has 0 spiro atoms. The van der Waals surface area contributed by atoms with Crippen molar-refractivity contribution < 1.29 is 27.5 Å². The van der Waals surface area contributed by atoms with Crippen molar-refractivity contribution in [2.45, 2.75) is 64.8 Å². The Morgan fingerprint density at radius 2 is 1.64 bits per heavy atom. The molecule has 2 N–H and O–H groups in total. The maximum Gasteiger partial charge on any atom is 0.416 e. The minimum atomic E-state index is -4.49. The smallest absolute Gasteiger partial charge is 0.393 e. The molecule has 4 rings (SSSR count). The van der Waals surface area contributed by atoms with E-state index in [-0.39, 0.29) is 18.3 Å². The highest BCUT2D eigenvalue weighted by Crippen LogP contribution is 2.41. The standard InChI is InChI=1S/C37H40F4N2O2/c1-5-24(2)20-31(44)21-25(3)14-19-32-33(28-15-17-30(38)18-16-28)34(27-11-7-6-8-12-27)35(43(32)4)36(45)42-23-26-10-9-13-29(22-26)37(39,40)41/h6-13,15-18,22,25,31,44H,2,5,14,19-21,23H2,1,3-4H3,(H,42,45). The Labute approximate surface area is 262 Å². The molecule has 0 fully saturated rings. The first-order chi connectivity index (χ1) is 21.4. The van der Waals surface area contributed by atoms with Gasteiger partial charge in [-0.15, -0.1) is 0 Å². The Morgan fingerprint density at radius 3 is 2.29 bits per heavy atom. The summed E-state index contributed by atoms with van der Waals surface area (Å²) in [6, 6.07) is 20.4. The van der Waals surface area contributed by atoms with Crippen molar-refractivity contribution in [3.8, 4) is 22.3 Å². The fourth-order valence-electron chi connectivity index (χ4n) is 5.76. The van der Waals surface area contributed by atoms with Crippen molar-refractivity contribution >= 4 is 5.91 Å². The molecule has 8 heteroatoms. The van der Waals surface area contributed by atoms with Crippen LogP contribution in [0.15, 0.2) is 91.0 Å². The monoisotopic (exact) mass is 620 g/mol. The number of aliphatic hydroxyl groups excluding tert-OH is 1. The van der Waals surface area contributed by atoms with Crippen LogP contribution >= 0.6 is 0 Å². The third kappa shape index (κ3) is 8.51. The molecule has 0 radical (unpaired) electrons. The van der Waals surface area contributed by atoms with E-state index in [0.29, 0.717) is 36.1 Å². The van der Waals surface area contributed by atoms with E-state index in [1.54, 1.807) is 25.2 Å². The molecule has 1 heterocycles. The summed E-state index contributed by atoms with van der Waals surface area (Å²) in [7, 11) is 1.80. The number of hydrogen-bond donors (Lipinski definition) is 2. The van der Waals surface area contributed by atoms with Crippen LogP contribution in [0, 0.1) is 11.7 Å². The molecule has 2 unspecified atom stereocenters. The molecule has 1 aromatic heterocycles. The number of aromatic nitrogens is 1. The second-order valence-corrected chi connectivity index (χ2v) is 11.7. The van der Waals surface area contributed by atoms with Crippen molar-refractivity contribution in [2.75, 3.05) is 0 Å². The van der Waals surface area contributed by atoms with E-state index in [0.717, 1.165) is 52.9 Å². The highest BCUT2D eigenvalue weighted by molar-refractivity contribution is 6.05. The van der Waals surface area contributed by atoms with Gasteiger partial charge in [0.05, 0.1) is 11.7 Å². The molecule has 0 bridgehead atoms. The molecule has 0 saturated carbocycles. The lowest BCUT2D eigenvalue weighted by Crippen LogP contribution is -2.26. The molecule has 45 heavy (non-hydrogen) atoms. The number of aliphatic hydroxyl groups is 1. The summed E-state index contributed by atoms with van der Waals surface area (Å²) in [6.45, 7) is 8.01. The maximum absolute atomic E-state index is 14.0. The first kappa shape index (κ1) is 33.7. The lowest BCUT2D eigenvalue weighted by atomic mass is 9.90. The number of hydrogen-bond acceptors (Lipinski definition) is 2. The van der Waals surface area contributed by atoms with Gasteiger partial charge in [-0.3, -0.25) is 4.79 Å². The topological polar surface area (TPSA) is 54.3 Å². The van der Waals surface area contributed by atoms with Crippen LogP contribution in [0.3, 0.4) is 0 Å². The van der Waals surface area contributed by atoms with Gasteiger partial charge < -0.3 is 15.0 Å². The Hall–Kier alpha value is -4.17. The Morgan fingerprint density at radius 1 is 0.978 bits per heavy atom. The summed E-state index contributed by atoms with van der Waals surface area (Å²) in [6.07, 6.45) is -1.71. The number of amides is 1. The summed E-state index contributed by atoms with van der Waals surface area (Å²) in [5.41, 5.74) is 4.74. The molecular weight excluding hydrogens is 580 g/mol. The summed E-state index contributed by atoms with van der Waals surface area (Å²) in [5, 5.41) is 13.4. The van der Waals surface area contributed by atoms with E-state index in [9.17, 15) is 27.5 Å². The van der Waals surface area contributed by atoms with Crippen molar-refractivity contribution in [3.05, 3.63) is 119 Å². The molecular formula is C37H40F4N2O2. The maximum atomic E-state index is 14.0. The molecule has 4 aromatic rings. The fourth-order valence-corrected chi connectivity index (χ4v) is 5.76. The van der Waals surface area contributed by atoms with E-state index >= 15 is 0 Å². The van der Waals surface area contributed by atoms with Crippen LogP contribution in [0.1, 0.15) is 66.8 Å². The fraction of sp³-hybridized carbons (Fsp3) is 0.324. The quantitative estimate of drug-likeness (QED) is 0.116. The highest BCUT2D eigenvalue weighted by atomic mass is 19.4. The third-order valence-corrected chi connectivity index (χ3v) is 8.21. The number of benzene rings is 3. The molecule has 238 valence electrons. The van der Waals surface area contributed by atoms with Crippen LogP contribution < -0.4 is 5.32 Å². The molecule has 1 amide bonds. The number of alkyl halides is 3. The molecule has 0 aliphatic carbocycles. The van der Waals surface area contributed by atoms with E-state index in [1.165, 1.54) is 18.2 Å². The Balaban J connectivity index is 1.74. The average molecular weight is 621 g/mol. The first-order valence-electron chi connectivity index (χ1n) is 15.2. The lowest BCUT2D eigenvalue weighted by Gasteiger charge is -2.18. The second kappa shape index (κ2) is 14.7. The summed E-state index contributed by atoms with van der Waals surface area (Å²) < 4.78 is 55.8. The number of nitrogens with zero attached hydrogens (tertiary/aromatic N) is 1. The van der Waals surface area contributed by atoms with Crippen molar-refractivity contribution in [2.24, 2.45) is 13.0 Å². The largest absolute Gasteiger partial charge is 0.416 e. The minimum absolute atomic E-state index is 0.0959. The SMILES string of the molecule is C=C(CC)CC(O)CC(C)CCc1c(-c2ccc(F)cc2)c(-c2ccccc2)c(C(=O)NCc2cccc(C(F)(F)F)c2)n1C. The molecule has 3 aromatic carbocycles. The summed E-state index contributed by atoms with van der Waals surface area (Å²) in [5.74, 6) is -0.656. The summed E-state index contributed by atoms with van der Waals surface area (Å²) >= 11 is 0. The Kier molecular flexibility index (Phi) is 11.0. The predicted molar refractivity (Wildman–Crippen MR) is 171 cm³/mol. The van der Waals surface area contributed by atoms with Crippen LogP contribution in [0.25, 0.3) is 22.3 Å². The van der Waals surface area contributed by atoms with Gasteiger partial charge >= 0.3 is 6.18 Å². The molecule has 0 aliphatic rings. The van der Waals surface area contributed by atoms with Gasteiger partial charge in [0.15, 0.2) is 0 Å². The zero-order valence-corrected chi connectivity index (χ0v) is 25.9. The van der Waals surface area contributed by atoms with E-state index in [2.05, 4.69) is 18.8 Å². The van der Waals surface area contributed by atoms with Gasteiger partial charge in [0.2, 0.25) is 0 Å². The average Bonchev–Trinajstić information content (AvgIpc) is 3.30. The van der Waals surface area contributed by atoms with Crippen molar-refractivity contribution in [1.82, 2.24) is 9.88 Å². The number of carbonyl (C=O) groups is 1. The second-order valence-electron chi connectivity index (χ2n) is 11.7. The van der Waals surface area contributed by atoms with Crippen LogP contribution in [-0.2, 0) is 26.2 Å². The highest BCUT2D eigenvalue weighted by Gasteiger charge is 2.31. The van der Waals surface area contributed by atoms with Gasteiger partial charge in [0, 0.05) is 30.4 Å². The molecule has 0 aliphatic heterocycles. The van der Waals surface area contributed by atoms with E-state index in [1.807, 2.05) is 41.8 Å². The van der Waals surface area contributed by atoms with Crippen LogP contribution in [-0.4, -0.2) is 21.7 Å². The third-order valence-electron chi connectivity index (χ3n) is 8.21. The van der Waals surface area contributed by atoms with Crippen molar-refractivity contribution in [1.29, 1.82) is 0 Å².